The number of thioether (sulfide) groups is 1. The van der Waals surface area contributed by atoms with Crippen molar-refractivity contribution in [2.75, 3.05) is 24.6 Å². The molecule has 4 heteroatoms. The van der Waals surface area contributed by atoms with Crippen molar-refractivity contribution < 1.29 is 5.11 Å². The van der Waals surface area contributed by atoms with Crippen LogP contribution in [0.5, 0.6) is 0 Å². The maximum Gasteiger partial charge on any atom is 0.0765 e. The highest BCUT2D eigenvalue weighted by Gasteiger charge is 2.28. The van der Waals surface area contributed by atoms with Crippen molar-refractivity contribution >= 4 is 17.4 Å². The Kier molecular flexibility index (Phi) is 3.74. The number of aliphatic hydroxyl groups is 1. The Morgan fingerprint density at radius 1 is 1.25 bits per heavy atom. The van der Waals surface area contributed by atoms with Crippen LogP contribution >= 0.6 is 11.8 Å². The van der Waals surface area contributed by atoms with Gasteiger partial charge in [0.15, 0.2) is 0 Å². The van der Waals surface area contributed by atoms with E-state index in [2.05, 4.69) is 5.32 Å². The topological polar surface area (TPSA) is 58.3 Å². The minimum atomic E-state index is -0.503. The third-order valence-electron chi connectivity index (χ3n) is 2.92. The molecule has 1 aliphatic rings. The lowest BCUT2D eigenvalue weighted by Gasteiger charge is -2.32. The summed E-state index contributed by atoms with van der Waals surface area (Å²) in [5, 5.41) is 13.6. The van der Waals surface area contributed by atoms with Crippen molar-refractivity contribution in [1.29, 1.82) is 0 Å². The number of anilines is 1. The second-order valence-electron chi connectivity index (χ2n) is 4.33. The van der Waals surface area contributed by atoms with Crippen molar-refractivity contribution in [2.24, 2.45) is 0 Å². The van der Waals surface area contributed by atoms with Crippen molar-refractivity contribution in [3.8, 4) is 0 Å². The van der Waals surface area contributed by atoms with Crippen LogP contribution in [0, 0.1) is 0 Å². The normalized spacial score (nSPS) is 19.6. The molecule has 0 aromatic heterocycles. The SMILES string of the molecule is Nc1ccc(SCC2(O)CCNCC2)cc1. The van der Waals surface area contributed by atoms with Crippen molar-refractivity contribution in [2.45, 2.75) is 23.3 Å². The van der Waals surface area contributed by atoms with E-state index in [9.17, 15) is 5.11 Å². The molecule has 16 heavy (non-hydrogen) atoms. The zero-order chi connectivity index (χ0) is 11.4. The average molecular weight is 238 g/mol. The molecule has 0 atom stereocenters. The second-order valence-corrected chi connectivity index (χ2v) is 5.38. The Balaban J connectivity index is 1.88. The first kappa shape index (κ1) is 11.8. The molecule has 3 nitrogen and oxygen atoms in total. The van der Waals surface area contributed by atoms with E-state index < -0.39 is 5.60 Å². The molecule has 0 amide bonds. The number of nitrogen functional groups attached to an aromatic ring is 1. The predicted octanol–water partition coefficient (Wildman–Crippen LogP) is 1.48. The van der Waals surface area contributed by atoms with Gasteiger partial charge >= 0.3 is 0 Å². The Bertz CT molecular complexity index is 333. The highest BCUT2D eigenvalue weighted by molar-refractivity contribution is 7.99. The van der Waals surface area contributed by atoms with Crippen molar-refractivity contribution in [1.82, 2.24) is 5.32 Å². The van der Waals surface area contributed by atoms with Gasteiger partial charge < -0.3 is 16.2 Å². The number of nitrogens with two attached hydrogens (primary N) is 1. The summed E-state index contributed by atoms with van der Waals surface area (Å²) in [6.07, 6.45) is 1.68. The average Bonchev–Trinajstić information content (AvgIpc) is 2.29. The summed E-state index contributed by atoms with van der Waals surface area (Å²) >= 11 is 1.70. The largest absolute Gasteiger partial charge is 0.399 e. The smallest absolute Gasteiger partial charge is 0.0765 e. The van der Waals surface area contributed by atoms with Crippen LogP contribution in [0.3, 0.4) is 0 Å². The molecule has 1 aliphatic heterocycles. The van der Waals surface area contributed by atoms with E-state index in [4.69, 9.17) is 5.73 Å². The van der Waals surface area contributed by atoms with Crippen molar-refractivity contribution in [3.63, 3.8) is 0 Å². The molecule has 0 spiro atoms. The molecular formula is C12H18N2OS. The van der Waals surface area contributed by atoms with E-state index in [-0.39, 0.29) is 0 Å². The zero-order valence-electron chi connectivity index (χ0n) is 9.28. The highest BCUT2D eigenvalue weighted by Crippen LogP contribution is 2.28. The van der Waals surface area contributed by atoms with Gasteiger partial charge in [-0.05, 0) is 50.2 Å². The van der Waals surface area contributed by atoms with Crippen LogP contribution in [0.25, 0.3) is 0 Å². The minimum absolute atomic E-state index is 0.503. The van der Waals surface area contributed by atoms with Crippen LogP contribution < -0.4 is 11.1 Å². The van der Waals surface area contributed by atoms with E-state index in [1.807, 2.05) is 24.3 Å². The minimum Gasteiger partial charge on any atom is -0.399 e. The van der Waals surface area contributed by atoms with Gasteiger partial charge in [-0.25, -0.2) is 0 Å². The van der Waals surface area contributed by atoms with Crippen LogP contribution in [-0.4, -0.2) is 29.5 Å². The van der Waals surface area contributed by atoms with Gasteiger partial charge in [0, 0.05) is 16.3 Å². The summed E-state index contributed by atoms with van der Waals surface area (Å²) in [5.74, 6) is 0.762. The van der Waals surface area contributed by atoms with Crippen LogP contribution in [-0.2, 0) is 0 Å². The summed E-state index contributed by atoms with van der Waals surface area (Å²) in [5.41, 5.74) is 5.90. The number of piperidine rings is 1. The zero-order valence-corrected chi connectivity index (χ0v) is 10.1. The molecule has 0 aliphatic carbocycles. The van der Waals surface area contributed by atoms with E-state index in [0.29, 0.717) is 0 Å². The third kappa shape index (κ3) is 3.14. The molecule has 0 saturated carbocycles. The first-order chi connectivity index (χ1) is 7.68. The lowest BCUT2D eigenvalue weighted by atomic mass is 9.95. The van der Waals surface area contributed by atoms with Crippen LogP contribution in [0.1, 0.15) is 12.8 Å². The molecule has 0 unspecified atom stereocenters. The summed E-state index contributed by atoms with van der Waals surface area (Å²) < 4.78 is 0. The van der Waals surface area contributed by atoms with Gasteiger partial charge in [-0.3, -0.25) is 0 Å². The quantitative estimate of drug-likeness (QED) is 0.551. The number of rotatable bonds is 3. The highest BCUT2D eigenvalue weighted by atomic mass is 32.2. The van der Waals surface area contributed by atoms with E-state index >= 15 is 0 Å². The molecular weight excluding hydrogens is 220 g/mol. The molecule has 0 bridgehead atoms. The number of nitrogens with one attached hydrogen (secondary N) is 1. The fourth-order valence-electron chi connectivity index (χ4n) is 1.82. The lowest BCUT2D eigenvalue weighted by molar-refractivity contribution is 0.0339. The van der Waals surface area contributed by atoms with Gasteiger partial charge in [0.05, 0.1) is 5.60 Å². The third-order valence-corrected chi connectivity index (χ3v) is 4.21. The van der Waals surface area contributed by atoms with E-state index in [1.165, 1.54) is 4.90 Å². The van der Waals surface area contributed by atoms with E-state index in [1.54, 1.807) is 11.8 Å². The van der Waals surface area contributed by atoms with Gasteiger partial charge in [-0.2, -0.15) is 0 Å². The Morgan fingerprint density at radius 2 is 1.88 bits per heavy atom. The van der Waals surface area contributed by atoms with Gasteiger partial charge in [-0.15, -0.1) is 11.8 Å². The molecule has 88 valence electrons. The summed E-state index contributed by atoms with van der Waals surface area (Å²) in [7, 11) is 0. The van der Waals surface area contributed by atoms with Gasteiger partial charge in [0.2, 0.25) is 0 Å². The fraction of sp³-hybridized carbons (Fsp3) is 0.500. The summed E-state index contributed by atoms with van der Waals surface area (Å²) in [4.78, 5) is 1.17. The van der Waals surface area contributed by atoms with Crippen molar-refractivity contribution in [3.05, 3.63) is 24.3 Å². The number of hydrogen-bond donors (Lipinski definition) is 3. The molecule has 0 radical (unpaired) electrons. The molecule has 1 aromatic carbocycles. The van der Waals surface area contributed by atoms with Gasteiger partial charge in [0.25, 0.3) is 0 Å². The maximum absolute atomic E-state index is 10.3. The summed E-state index contributed by atoms with van der Waals surface area (Å²) in [6, 6.07) is 7.80. The number of benzene rings is 1. The Labute approximate surface area is 100 Å². The van der Waals surface area contributed by atoms with Gasteiger partial charge in [-0.1, -0.05) is 0 Å². The lowest BCUT2D eigenvalue weighted by Crippen LogP contribution is -2.43. The molecule has 1 aromatic rings. The number of hydrogen-bond acceptors (Lipinski definition) is 4. The van der Waals surface area contributed by atoms with Gasteiger partial charge in [0.1, 0.15) is 0 Å². The van der Waals surface area contributed by atoms with Crippen LogP contribution in [0.4, 0.5) is 5.69 Å². The second kappa shape index (κ2) is 5.08. The van der Waals surface area contributed by atoms with Crippen LogP contribution in [0.2, 0.25) is 0 Å². The molecule has 1 fully saturated rings. The summed E-state index contributed by atoms with van der Waals surface area (Å²) in [6.45, 7) is 1.83. The molecule has 2 rings (SSSR count). The Hall–Kier alpha value is -0.710. The predicted molar refractivity (Wildman–Crippen MR) is 68.6 cm³/mol. The van der Waals surface area contributed by atoms with E-state index in [0.717, 1.165) is 37.4 Å². The monoisotopic (exact) mass is 238 g/mol. The standard InChI is InChI=1S/C12H18N2OS/c13-10-1-3-11(4-2-10)16-9-12(15)5-7-14-8-6-12/h1-4,14-15H,5-9,13H2. The fourth-order valence-corrected chi connectivity index (χ4v) is 2.87. The van der Waals surface area contributed by atoms with Crippen LogP contribution in [0.15, 0.2) is 29.2 Å². The first-order valence-electron chi connectivity index (χ1n) is 5.59. The first-order valence-corrected chi connectivity index (χ1v) is 6.58. The molecule has 4 N–H and O–H groups in total. The Morgan fingerprint density at radius 3 is 2.50 bits per heavy atom. The molecule has 1 heterocycles. The molecule has 1 saturated heterocycles. The maximum atomic E-state index is 10.3.